The zero-order chi connectivity index (χ0) is 22.1. The third-order valence-corrected chi connectivity index (χ3v) is 5.93. The highest BCUT2D eigenvalue weighted by Crippen LogP contribution is 2.35. The van der Waals surface area contributed by atoms with Gasteiger partial charge in [0.2, 0.25) is 5.95 Å². The van der Waals surface area contributed by atoms with E-state index >= 15 is 0 Å². The summed E-state index contributed by atoms with van der Waals surface area (Å²) in [6, 6.07) is 6.29. The minimum absolute atomic E-state index is 0.00787. The molecule has 4 aromatic heterocycles. The fourth-order valence-electron chi connectivity index (χ4n) is 4.43. The zero-order valence-corrected chi connectivity index (χ0v) is 18.2. The van der Waals surface area contributed by atoms with Gasteiger partial charge in [-0.15, -0.1) is 0 Å². The van der Waals surface area contributed by atoms with Crippen LogP contribution in [0.25, 0.3) is 22.4 Å². The van der Waals surface area contributed by atoms with Crippen molar-refractivity contribution in [3.8, 4) is 11.3 Å². The van der Waals surface area contributed by atoms with Gasteiger partial charge in [-0.05, 0) is 37.5 Å². The lowest BCUT2D eigenvalue weighted by Gasteiger charge is -2.16. The standard InChI is InChI=1S/C23H28N8O/c1-14(24)10-19-28-20-21(29-23(25)30-22(20)31(19)17-4-2-3-5-17)27-12-15-6-7-18(26-11-15)16-8-9-32-13-16/h6-9,11,13-14,17H,2-5,10,12,24H2,1H3,(H3,25,27,29,30). The molecule has 166 valence electrons. The van der Waals surface area contributed by atoms with E-state index < -0.39 is 0 Å². The Balaban J connectivity index is 1.44. The first-order valence-electron chi connectivity index (χ1n) is 11.1. The van der Waals surface area contributed by atoms with E-state index in [-0.39, 0.29) is 12.0 Å². The lowest BCUT2D eigenvalue weighted by atomic mass is 10.2. The quantitative estimate of drug-likeness (QED) is 0.403. The van der Waals surface area contributed by atoms with Crippen LogP contribution in [-0.2, 0) is 13.0 Å². The Morgan fingerprint density at radius 3 is 2.72 bits per heavy atom. The summed E-state index contributed by atoms with van der Waals surface area (Å²) in [6.07, 6.45) is 10.5. The van der Waals surface area contributed by atoms with Gasteiger partial charge < -0.3 is 25.8 Å². The van der Waals surface area contributed by atoms with Crippen molar-refractivity contribution in [2.75, 3.05) is 11.1 Å². The second-order valence-corrected chi connectivity index (χ2v) is 8.54. The molecule has 4 aromatic rings. The topological polar surface area (TPSA) is 134 Å². The van der Waals surface area contributed by atoms with Crippen molar-refractivity contribution in [1.29, 1.82) is 0 Å². The highest BCUT2D eigenvalue weighted by atomic mass is 16.3. The molecule has 0 amide bonds. The number of anilines is 2. The Morgan fingerprint density at radius 1 is 1.19 bits per heavy atom. The number of rotatable bonds is 7. The summed E-state index contributed by atoms with van der Waals surface area (Å²) < 4.78 is 7.38. The van der Waals surface area contributed by atoms with Crippen LogP contribution in [0.2, 0.25) is 0 Å². The first kappa shape index (κ1) is 20.4. The molecule has 4 heterocycles. The number of imidazole rings is 1. The van der Waals surface area contributed by atoms with Crippen molar-refractivity contribution in [3.05, 3.63) is 48.3 Å². The third kappa shape index (κ3) is 4.03. The van der Waals surface area contributed by atoms with E-state index in [1.165, 1.54) is 12.8 Å². The van der Waals surface area contributed by atoms with Gasteiger partial charge in [0.15, 0.2) is 17.0 Å². The Hall–Kier alpha value is -3.46. The summed E-state index contributed by atoms with van der Waals surface area (Å²) >= 11 is 0. The summed E-state index contributed by atoms with van der Waals surface area (Å²) in [5.41, 5.74) is 16.6. The SMILES string of the molecule is CC(N)Cc1nc2c(NCc3ccc(-c4ccoc4)nc3)nc(N)nc2n1C1CCCC1. The van der Waals surface area contributed by atoms with E-state index in [0.29, 0.717) is 24.8 Å². The maximum Gasteiger partial charge on any atom is 0.224 e. The predicted molar refractivity (Wildman–Crippen MR) is 124 cm³/mol. The van der Waals surface area contributed by atoms with E-state index in [4.69, 9.17) is 20.9 Å². The lowest BCUT2D eigenvalue weighted by Crippen LogP contribution is -2.21. The molecule has 1 unspecified atom stereocenters. The third-order valence-electron chi connectivity index (χ3n) is 5.93. The molecule has 32 heavy (non-hydrogen) atoms. The summed E-state index contributed by atoms with van der Waals surface area (Å²) in [5, 5.41) is 3.39. The summed E-state index contributed by atoms with van der Waals surface area (Å²) in [4.78, 5) is 18.5. The first-order valence-corrected chi connectivity index (χ1v) is 11.1. The molecule has 0 aliphatic heterocycles. The molecule has 1 fully saturated rings. The Kier molecular flexibility index (Phi) is 5.48. The molecule has 5 rings (SSSR count). The number of nitrogens with zero attached hydrogens (tertiary/aromatic N) is 5. The van der Waals surface area contributed by atoms with E-state index in [9.17, 15) is 0 Å². The Morgan fingerprint density at radius 2 is 2.03 bits per heavy atom. The van der Waals surface area contributed by atoms with Crippen molar-refractivity contribution in [3.63, 3.8) is 0 Å². The van der Waals surface area contributed by atoms with Crippen LogP contribution in [0.3, 0.4) is 0 Å². The minimum atomic E-state index is 0.00787. The fraction of sp³-hybridized carbons (Fsp3) is 0.391. The van der Waals surface area contributed by atoms with Crippen LogP contribution >= 0.6 is 0 Å². The fourth-order valence-corrected chi connectivity index (χ4v) is 4.43. The van der Waals surface area contributed by atoms with Gasteiger partial charge in [0.1, 0.15) is 5.82 Å². The van der Waals surface area contributed by atoms with Gasteiger partial charge in [-0.1, -0.05) is 18.9 Å². The summed E-state index contributed by atoms with van der Waals surface area (Å²) in [5.74, 6) is 1.82. The molecule has 5 N–H and O–H groups in total. The number of hydrogen-bond donors (Lipinski definition) is 3. The van der Waals surface area contributed by atoms with Gasteiger partial charge >= 0.3 is 0 Å². The molecule has 0 aromatic carbocycles. The number of fused-ring (bicyclic) bond motifs is 1. The van der Waals surface area contributed by atoms with Crippen LogP contribution in [0.1, 0.15) is 50.0 Å². The maximum absolute atomic E-state index is 6.12. The molecule has 0 radical (unpaired) electrons. The minimum Gasteiger partial charge on any atom is -0.472 e. The monoisotopic (exact) mass is 432 g/mol. The number of hydrogen-bond acceptors (Lipinski definition) is 8. The zero-order valence-electron chi connectivity index (χ0n) is 18.2. The van der Waals surface area contributed by atoms with Gasteiger partial charge in [0.25, 0.3) is 0 Å². The van der Waals surface area contributed by atoms with Crippen LogP contribution in [0.5, 0.6) is 0 Å². The van der Waals surface area contributed by atoms with E-state index in [2.05, 4.69) is 24.8 Å². The second kappa shape index (κ2) is 8.58. The van der Waals surface area contributed by atoms with Crippen molar-refractivity contribution >= 4 is 22.9 Å². The number of pyridine rings is 1. The second-order valence-electron chi connectivity index (χ2n) is 8.54. The normalized spacial score (nSPS) is 15.4. The Labute approximate surface area is 186 Å². The maximum atomic E-state index is 6.12. The molecule has 0 bridgehead atoms. The lowest BCUT2D eigenvalue weighted by molar-refractivity contribution is 0.499. The molecular formula is C23H28N8O. The van der Waals surface area contributed by atoms with Gasteiger partial charge in [-0.2, -0.15) is 9.97 Å². The average molecular weight is 433 g/mol. The molecule has 1 aliphatic carbocycles. The van der Waals surface area contributed by atoms with Gasteiger partial charge in [-0.3, -0.25) is 4.98 Å². The van der Waals surface area contributed by atoms with E-state index in [0.717, 1.165) is 46.7 Å². The number of nitrogens with two attached hydrogens (primary N) is 2. The van der Waals surface area contributed by atoms with E-state index in [1.807, 2.05) is 31.3 Å². The number of furan rings is 1. The molecular weight excluding hydrogens is 404 g/mol. The van der Waals surface area contributed by atoms with Crippen molar-refractivity contribution in [1.82, 2.24) is 24.5 Å². The molecule has 0 saturated heterocycles. The van der Waals surface area contributed by atoms with Crippen LogP contribution in [0.15, 0.2) is 41.3 Å². The largest absolute Gasteiger partial charge is 0.472 e. The molecule has 0 spiro atoms. The Bertz CT molecular complexity index is 1190. The van der Waals surface area contributed by atoms with Crippen molar-refractivity contribution in [2.24, 2.45) is 5.73 Å². The molecule has 9 nitrogen and oxygen atoms in total. The highest BCUT2D eigenvalue weighted by Gasteiger charge is 2.25. The van der Waals surface area contributed by atoms with Crippen LogP contribution in [0.4, 0.5) is 11.8 Å². The average Bonchev–Trinajstić information content (AvgIpc) is 3.53. The van der Waals surface area contributed by atoms with Crippen LogP contribution in [0, 0.1) is 0 Å². The van der Waals surface area contributed by atoms with Crippen LogP contribution in [-0.4, -0.2) is 30.5 Å². The molecule has 1 saturated carbocycles. The first-order chi connectivity index (χ1) is 15.6. The summed E-state index contributed by atoms with van der Waals surface area (Å²) in [7, 11) is 0. The molecule has 1 aliphatic rings. The van der Waals surface area contributed by atoms with Gasteiger partial charge in [0.05, 0.1) is 18.2 Å². The smallest absolute Gasteiger partial charge is 0.224 e. The van der Waals surface area contributed by atoms with Crippen molar-refractivity contribution < 1.29 is 4.42 Å². The molecule has 9 heteroatoms. The number of aromatic nitrogens is 5. The van der Waals surface area contributed by atoms with Crippen LogP contribution < -0.4 is 16.8 Å². The predicted octanol–water partition coefficient (Wildman–Crippen LogP) is 3.68. The number of nitrogen functional groups attached to an aromatic ring is 1. The van der Waals surface area contributed by atoms with Crippen molar-refractivity contribution in [2.45, 2.75) is 57.7 Å². The number of nitrogens with one attached hydrogen (secondary N) is 1. The van der Waals surface area contributed by atoms with Gasteiger partial charge in [-0.25, -0.2) is 4.98 Å². The van der Waals surface area contributed by atoms with E-state index in [1.54, 1.807) is 12.5 Å². The summed E-state index contributed by atoms with van der Waals surface area (Å²) in [6.45, 7) is 2.54. The molecule has 1 atom stereocenters. The highest BCUT2D eigenvalue weighted by molar-refractivity contribution is 5.85. The van der Waals surface area contributed by atoms with Gasteiger partial charge in [0, 0.05) is 36.8 Å².